The number of nitrogens with zero attached hydrogens (tertiary/aromatic N) is 1. The summed E-state index contributed by atoms with van der Waals surface area (Å²) in [6.07, 6.45) is 0.831. The first-order valence-electron chi connectivity index (χ1n) is 5.28. The van der Waals surface area contributed by atoms with Gasteiger partial charge in [0.1, 0.15) is 5.75 Å². The number of benzene rings is 1. The Kier molecular flexibility index (Phi) is 2.72. The molecule has 0 fully saturated rings. The smallest absolute Gasteiger partial charge is 0.119 e. The molecular formula is C12H11NO2S2. The average Bonchev–Trinajstić information content (AvgIpc) is 2.76. The first-order valence-corrected chi connectivity index (χ1v) is 7.08. The highest BCUT2D eigenvalue weighted by molar-refractivity contribution is 7.99. The van der Waals surface area contributed by atoms with Gasteiger partial charge in [0.25, 0.3) is 0 Å². The average molecular weight is 265 g/mol. The lowest BCUT2D eigenvalue weighted by Gasteiger charge is -2.11. The molecule has 2 heterocycles. The number of hydrogen-bond donors (Lipinski definition) is 1. The molecule has 0 amide bonds. The zero-order chi connectivity index (χ0) is 11.8. The van der Waals surface area contributed by atoms with E-state index in [1.807, 2.05) is 17.8 Å². The Morgan fingerprint density at radius 2 is 2.29 bits per heavy atom. The Labute approximate surface area is 107 Å². The van der Waals surface area contributed by atoms with E-state index in [0.717, 1.165) is 28.5 Å². The van der Waals surface area contributed by atoms with Crippen molar-refractivity contribution in [2.75, 3.05) is 12.9 Å². The second kappa shape index (κ2) is 4.23. The van der Waals surface area contributed by atoms with E-state index < -0.39 is 0 Å². The third-order valence-electron chi connectivity index (χ3n) is 2.82. The number of rotatable bonds is 1. The molecule has 3 nitrogen and oxygen atoms in total. The van der Waals surface area contributed by atoms with Crippen LogP contribution in [0.25, 0.3) is 10.1 Å². The SMILES string of the molecule is COc1ccc2sc3c(c2c1)SCC/C3=N\O. The molecule has 1 N–H and O–H groups in total. The largest absolute Gasteiger partial charge is 0.497 e. The fourth-order valence-electron chi connectivity index (χ4n) is 1.97. The van der Waals surface area contributed by atoms with E-state index in [4.69, 9.17) is 9.94 Å². The minimum Gasteiger partial charge on any atom is -0.497 e. The lowest BCUT2D eigenvalue weighted by Crippen LogP contribution is -2.06. The van der Waals surface area contributed by atoms with Gasteiger partial charge in [-0.1, -0.05) is 5.16 Å². The summed E-state index contributed by atoms with van der Waals surface area (Å²) in [6, 6.07) is 6.08. The number of fused-ring (bicyclic) bond motifs is 3. The van der Waals surface area contributed by atoms with Crippen molar-refractivity contribution in [3.63, 3.8) is 0 Å². The van der Waals surface area contributed by atoms with Crippen molar-refractivity contribution < 1.29 is 9.94 Å². The van der Waals surface area contributed by atoms with Crippen molar-refractivity contribution in [3.05, 3.63) is 23.1 Å². The van der Waals surface area contributed by atoms with Gasteiger partial charge in [-0.25, -0.2) is 0 Å². The van der Waals surface area contributed by atoms with Crippen molar-refractivity contribution in [1.82, 2.24) is 0 Å². The maximum Gasteiger partial charge on any atom is 0.119 e. The van der Waals surface area contributed by atoms with E-state index >= 15 is 0 Å². The van der Waals surface area contributed by atoms with Crippen LogP contribution < -0.4 is 4.74 Å². The highest BCUT2D eigenvalue weighted by atomic mass is 32.2. The van der Waals surface area contributed by atoms with Gasteiger partial charge in [0.05, 0.1) is 17.7 Å². The van der Waals surface area contributed by atoms with E-state index in [1.165, 1.54) is 15.0 Å². The van der Waals surface area contributed by atoms with E-state index in [2.05, 4.69) is 17.3 Å². The summed E-state index contributed by atoms with van der Waals surface area (Å²) >= 11 is 3.51. The Morgan fingerprint density at radius 3 is 3.06 bits per heavy atom. The molecule has 3 rings (SSSR count). The summed E-state index contributed by atoms with van der Waals surface area (Å²) in [5.41, 5.74) is 0.805. The topological polar surface area (TPSA) is 41.8 Å². The molecule has 0 radical (unpaired) electrons. The Hall–Kier alpha value is -1.20. The first kappa shape index (κ1) is 10.9. The molecule has 1 aliphatic heterocycles. The van der Waals surface area contributed by atoms with Crippen molar-refractivity contribution in [1.29, 1.82) is 0 Å². The minimum atomic E-state index is 0.805. The van der Waals surface area contributed by atoms with Crippen LogP contribution in [0.1, 0.15) is 11.3 Å². The fourth-order valence-corrected chi connectivity index (χ4v) is 4.50. The molecule has 1 aromatic heterocycles. The molecule has 0 unspecified atom stereocenters. The summed E-state index contributed by atoms with van der Waals surface area (Å²) in [6.45, 7) is 0. The Bertz CT molecular complexity index is 604. The van der Waals surface area contributed by atoms with Crippen molar-refractivity contribution in [3.8, 4) is 5.75 Å². The second-order valence-electron chi connectivity index (χ2n) is 3.77. The quantitative estimate of drug-likeness (QED) is 0.633. The molecule has 0 bridgehead atoms. The molecule has 1 aliphatic rings. The van der Waals surface area contributed by atoms with Gasteiger partial charge < -0.3 is 9.94 Å². The van der Waals surface area contributed by atoms with Gasteiger partial charge in [0, 0.05) is 27.2 Å². The number of ether oxygens (including phenoxy) is 1. The highest BCUT2D eigenvalue weighted by Crippen LogP contribution is 2.43. The third kappa shape index (κ3) is 1.70. The van der Waals surface area contributed by atoms with E-state index in [1.54, 1.807) is 18.4 Å². The lowest BCUT2D eigenvalue weighted by atomic mass is 10.2. The summed E-state index contributed by atoms with van der Waals surface area (Å²) in [7, 11) is 1.67. The van der Waals surface area contributed by atoms with Crippen LogP contribution in [0.3, 0.4) is 0 Å². The number of hydrogen-bond acceptors (Lipinski definition) is 5. The van der Waals surface area contributed by atoms with Gasteiger partial charge in [-0.15, -0.1) is 23.1 Å². The first-order chi connectivity index (χ1) is 8.33. The second-order valence-corrected chi connectivity index (χ2v) is 5.92. The fraction of sp³-hybridized carbons (Fsp3) is 0.250. The number of thioether (sulfide) groups is 1. The molecule has 88 valence electrons. The summed E-state index contributed by atoms with van der Waals surface area (Å²) < 4.78 is 6.47. The van der Waals surface area contributed by atoms with E-state index in [9.17, 15) is 0 Å². The molecule has 0 aliphatic carbocycles. The molecule has 0 spiro atoms. The zero-order valence-corrected chi connectivity index (χ0v) is 10.9. The standard InChI is InChI=1S/C12H11NO2S2/c1-15-7-2-3-10-8(6-7)11-12(17-10)9(13-14)4-5-16-11/h2-3,6,14H,4-5H2,1H3/b13-9+. The Balaban J connectivity index is 2.27. The lowest BCUT2D eigenvalue weighted by molar-refractivity contribution is 0.318. The zero-order valence-electron chi connectivity index (χ0n) is 9.27. The molecule has 2 aromatic rings. The Morgan fingerprint density at radius 1 is 1.41 bits per heavy atom. The molecule has 17 heavy (non-hydrogen) atoms. The van der Waals surface area contributed by atoms with E-state index in [0.29, 0.717) is 0 Å². The summed E-state index contributed by atoms with van der Waals surface area (Å²) in [5, 5.41) is 13.6. The van der Waals surface area contributed by atoms with Gasteiger partial charge in [0.2, 0.25) is 0 Å². The molecular weight excluding hydrogens is 254 g/mol. The molecule has 0 atom stereocenters. The van der Waals surface area contributed by atoms with Gasteiger partial charge in [-0.05, 0) is 18.2 Å². The van der Waals surface area contributed by atoms with Gasteiger partial charge in [-0.3, -0.25) is 0 Å². The monoisotopic (exact) mass is 265 g/mol. The maximum atomic E-state index is 9.02. The predicted molar refractivity (Wildman–Crippen MR) is 72.0 cm³/mol. The molecule has 0 saturated carbocycles. The number of oxime groups is 1. The summed E-state index contributed by atoms with van der Waals surface area (Å²) in [5.74, 6) is 1.84. The van der Waals surface area contributed by atoms with Crippen LogP contribution in [-0.4, -0.2) is 23.8 Å². The van der Waals surface area contributed by atoms with Crippen molar-refractivity contribution >= 4 is 38.9 Å². The van der Waals surface area contributed by atoms with Crippen LogP contribution in [0, 0.1) is 0 Å². The summed E-state index contributed by atoms with van der Waals surface area (Å²) in [4.78, 5) is 2.33. The van der Waals surface area contributed by atoms with Crippen LogP contribution >= 0.6 is 23.1 Å². The van der Waals surface area contributed by atoms with Gasteiger partial charge in [-0.2, -0.15) is 0 Å². The molecule has 1 aromatic carbocycles. The van der Waals surface area contributed by atoms with Crippen LogP contribution in [0.15, 0.2) is 28.3 Å². The van der Waals surface area contributed by atoms with Crippen LogP contribution in [0.2, 0.25) is 0 Å². The minimum absolute atomic E-state index is 0.805. The number of methoxy groups -OCH3 is 1. The predicted octanol–water partition coefficient (Wildman–Crippen LogP) is 3.58. The molecule has 0 saturated heterocycles. The highest BCUT2D eigenvalue weighted by Gasteiger charge is 2.22. The van der Waals surface area contributed by atoms with Gasteiger partial charge in [0.15, 0.2) is 0 Å². The van der Waals surface area contributed by atoms with Crippen molar-refractivity contribution in [2.45, 2.75) is 11.3 Å². The maximum absolute atomic E-state index is 9.02. The molecule has 5 heteroatoms. The van der Waals surface area contributed by atoms with Crippen molar-refractivity contribution in [2.24, 2.45) is 5.16 Å². The normalized spacial score (nSPS) is 17.4. The van der Waals surface area contributed by atoms with Crippen LogP contribution in [0.5, 0.6) is 5.75 Å². The van der Waals surface area contributed by atoms with Crippen LogP contribution in [-0.2, 0) is 0 Å². The van der Waals surface area contributed by atoms with E-state index in [-0.39, 0.29) is 0 Å². The third-order valence-corrected chi connectivity index (χ3v) is 5.29. The van der Waals surface area contributed by atoms with Gasteiger partial charge >= 0.3 is 0 Å². The van der Waals surface area contributed by atoms with Crippen LogP contribution in [0.4, 0.5) is 0 Å². The number of thiophene rings is 1.